The number of aliphatic hydroxyl groups is 1. The first-order valence-electron chi connectivity index (χ1n) is 18.1. The minimum atomic E-state index is -4.28. The molecule has 13 heteroatoms. The van der Waals surface area contributed by atoms with Gasteiger partial charge in [0.1, 0.15) is 5.75 Å². The van der Waals surface area contributed by atoms with Crippen LogP contribution < -0.4 is 14.4 Å². The number of amides is 2. The summed E-state index contributed by atoms with van der Waals surface area (Å²) in [6.45, 7) is 2.10. The Hall–Kier alpha value is -3.16. The Morgan fingerprint density at radius 3 is 2.69 bits per heavy atom. The molecular formula is C38H49ClN4O7S. The molecule has 7 rings (SSSR count). The second-order valence-electron chi connectivity index (χ2n) is 15.2. The summed E-state index contributed by atoms with van der Waals surface area (Å²) in [5, 5.41) is 13.1. The molecule has 2 amide bonds. The Kier molecular flexibility index (Phi) is 9.94. The fourth-order valence-corrected chi connectivity index (χ4v) is 9.85. The van der Waals surface area contributed by atoms with E-state index >= 15 is 0 Å². The van der Waals surface area contributed by atoms with Crippen LogP contribution in [0.1, 0.15) is 68.1 Å². The molecule has 51 heavy (non-hydrogen) atoms. The van der Waals surface area contributed by atoms with E-state index in [1.165, 1.54) is 23.1 Å². The summed E-state index contributed by atoms with van der Waals surface area (Å²) < 4.78 is 42.4. The van der Waals surface area contributed by atoms with Crippen molar-refractivity contribution in [3.05, 3.63) is 70.3 Å². The lowest BCUT2D eigenvalue weighted by molar-refractivity contribution is -0.148. The summed E-state index contributed by atoms with van der Waals surface area (Å²) in [5.74, 6) is -0.469. The zero-order valence-electron chi connectivity index (χ0n) is 29.6. The molecule has 276 valence electrons. The molecule has 0 saturated heterocycles. The van der Waals surface area contributed by atoms with Gasteiger partial charge in [-0.3, -0.25) is 9.59 Å². The van der Waals surface area contributed by atoms with Crippen molar-refractivity contribution < 1.29 is 32.6 Å². The average molecular weight is 741 g/mol. The van der Waals surface area contributed by atoms with Crippen LogP contribution in [-0.4, -0.2) is 94.1 Å². The Bertz CT molecular complexity index is 1820. The van der Waals surface area contributed by atoms with Crippen LogP contribution >= 0.6 is 11.6 Å². The number of fused-ring (bicyclic) bond motifs is 4. The van der Waals surface area contributed by atoms with Gasteiger partial charge in [0, 0.05) is 57.3 Å². The van der Waals surface area contributed by atoms with E-state index in [1.807, 2.05) is 12.1 Å². The van der Waals surface area contributed by atoms with Crippen LogP contribution in [0.2, 0.25) is 5.02 Å². The number of rotatable bonds is 5. The van der Waals surface area contributed by atoms with Crippen LogP contribution in [0.15, 0.2) is 48.6 Å². The van der Waals surface area contributed by atoms with Crippen LogP contribution in [0.25, 0.3) is 0 Å². The van der Waals surface area contributed by atoms with E-state index in [0.29, 0.717) is 73.8 Å². The number of carbonyl (C=O) groups excluding carboxylic acids is 2. The third kappa shape index (κ3) is 7.02. The highest BCUT2D eigenvalue weighted by atomic mass is 35.5. The van der Waals surface area contributed by atoms with Crippen molar-refractivity contribution in [2.45, 2.75) is 80.9 Å². The van der Waals surface area contributed by atoms with E-state index in [2.05, 4.69) is 27.8 Å². The third-order valence-corrected chi connectivity index (χ3v) is 13.7. The van der Waals surface area contributed by atoms with Gasteiger partial charge in [0.2, 0.25) is 5.91 Å². The smallest absolute Gasteiger partial charge is 0.303 e. The first-order chi connectivity index (χ1) is 24.3. The van der Waals surface area contributed by atoms with E-state index < -0.39 is 34.0 Å². The summed E-state index contributed by atoms with van der Waals surface area (Å²) in [5.41, 5.74) is 0.418. The van der Waals surface area contributed by atoms with Crippen molar-refractivity contribution in [2.24, 2.45) is 11.8 Å². The lowest BCUT2D eigenvalue weighted by Gasteiger charge is -2.46. The second-order valence-corrected chi connectivity index (χ2v) is 17.4. The highest BCUT2D eigenvalue weighted by Gasteiger charge is 2.48. The van der Waals surface area contributed by atoms with Crippen molar-refractivity contribution in [1.29, 1.82) is 0 Å². The van der Waals surface area contributed by atoms with Gasteiger partial charge >= 0.3 is 10.2 Å². The predicted molar refractivity (Wildman–Crippen MR) is 195 cm³/mol. The molecule has 1 spiro atoms. The van der Waals surface area contributed by atoms with Crippen molar-refractivity contribution in [3.8, 4) is 5.75 Å². The summed E-state index contributed by atoms with van der Waals surface area (Å²) in [7, 11) is 0.496. The van der Waals surface area contributed by atoms with Gasteiger partial charge in [0.05, 0.1) is 24.8 Å². The van der Waals surface area contributed by atoms with E-state index in [-0.39, 0.29) is 23.1 Å². The lowest BCUT2D eigenvalue weighted by Crippen LogP contribution is -2.52. The highest BCUT2D eigenvalue weighted by Crippen LogP contribution is 2.48. The number of benzene rings is 2. The normalized spacial score (nSPS) is 30.5. The van der Waals surface area contributed by atoms with Crippen LogP contribution in [0.4, 0.5) is 5.69 Å². The molecule has 5 aliphatic rings. The van der Waals surface area contributed by atoms with E-state index in [9.17, 15) is 23.1 Å². The molecule has 2 bridgehead atoms. The molecule has 2 aliphatic heterocycles. The molecule has 0 unspecified atom stereocenters. The first kappa shape index (κ1) is 36.2. The molecule has 2 saturated carbocycles. The topological polar surface area (TPSA) is 129 Å². The molecule has 2 heterocycles. The first-order valence-corrected chi connectivity index (χ1v) is 19.9. The van der Waals surface area contributed by atoms with Gasteiger partial charge < -0.3 is 24.4 Å². The Balaban J connectivity index is 1.33. The SMILES string of the molecule is CO[C@H]1/C=C\CCN(C)C(=O)C[C@](O)(C(=O)NS(=O)(=O)N(C)C2CC2)c2ccc3c(c2)N(C[C@@H]2CC[C@H]21)C[C@@]1(CCCc2cc(Cl)ccc21)CO3. The number of hydrogen-bond donors (Lipinski definition) is 2. The fourth-order valence-electron chi connectivity index (χ4n) is 8.50. The summed E-state index contributed by atoms with van der Waals surface area (Å²) in [4.78, 5) is 31.5. The van der Waals surface area contributed by atoms with Gasteiger partial charge in [0.25, 0.3) is 5.91 Å². The Morgan fingerprint density at radius 2 is 1.96 bits per heavy atom. The standard InChI is InChI=1S/C38H49ClN4O7S/c1-41-18-5-4-8-33(49-3)30-14-9-26(30)22-43-23-37(17-6-7-25-19-28(39)11-15-31(25)37)24-50-34-16-10-27(20-32(34)43)38(46,21-35(41)44)36(45)40-51(47,48)42(2)29-12-13-29/h4,8,10-11,15-16,19-20,26,29-30,33,46H,5-7,9,12-14,17-18,21-24H2,1-3H3,(H,40,45)/b8-4-/t26-,30+,33-,37-,38+/m0/s1. The maximum absolute atomic E-state index is 14.1. The predicted octanol–water partition coefficient (Wildman–Crippen LogP) is 4.31. The van der Waals surface area contributed by atoms with Gasteiger partial charge in [-0.15, -0.1) is 0 Å². The Labute approximate surface area is 306 Å². The molecule has 2 aromatic carbocycles. The average Bonchev–Trinajstić information content (AvgIpc) is 3.95. The molecule has 3 aliphatic carbocycles. The molecule has 11 nitrogen and oxygen atoms in total. The number of anilines is 1. The molecule has 0 radical (unpaired) electrons. The van der Waals surface area contributed by atoms with Gasteiger partial charge in [0.15, 0.2) is 5.60 Å². The van der Waals surface area contributed by atoms with Crippen molar-refractivity contribution >= 4 is 39.3 Å². The molecule has 2 aromatic rings. The van der Waals surface area contributed by atoms with Gasteiger partial charge in [-0.1, -0.05) is 35.9 Å². The van der Waals surface area contributed by atoms with Crippen LogP contribution in [0.3, 0.4) is 0 Å². The number of hydrogen-bond acceptors (Lipinski definition) is 8. The molecule has 2 fully saturated rings. The van der Waals surface area contributed by atoms with Crippen LogP contribution in [0.5, 0.6) is 5.75 Å². The maximum Gasteiger partial charge on any atom is 0.303 e. The number of aryl methyl sites for hydroxylation is 1. The number of nitrogens with one attached hydrogen (secondary N) is 1. The van der Waals surface area contributed by atoms with E-state index in [1.54, 1.807) is 32.4 Å². The van der Waals surface area contributed by atoms with Crippen LogP contribution in [0, 0.1) is 11.8 Å². The summed E-state index contributed by atoms with van der Waals surface area (Å²) in [6, 6.07) is 11.0. The largest absolute Gasteiger partial charge is 0.490 e. The second kappa shape index (κ2) is 14.0. The molecule has 2 N–H and O–H groups in total. The fraction of sp³-hybridized carbons (Fsp3) is 0.579. The molecule has 5 atom stereocenters. The summed E-state index contributed by atoms with van der Waals surface area (Å²) in [6.07, 6.45) is 10.2. The number of ether oxygens (including phenoxy) is 2. The van der Waals surface area contributed by atoms with E-state index in [0.717, 1.165) is 36.4 Å². The number of carbonyl (C=O) groups is 2. The van der Waals surface area contributed by atoms with E-state index in [4.69, 9.17) is 21.1 Å². The molecule has 0 aromatic heterocycles. The van der Waals surface area contributed by atoms with Crippen molar-refractivity contribution in [2.75, 3.05) is 52.3 Å². The highest BCUT2D eigenvalue weighted by molar-refractivity contribution is 7.87. The van der Waals surface area contributed by atoms with Gasteiger partial charge in [-0.05, 0) is 104 Å². The van der Waals surface area contributed by atoms with Crippen molar-refractivity contribution in [3.63, 3.8) is 0 Å². The lowest BCUT2D eigenvalue weighted by atomic mass is 9.68. The number of methoxy groups -OCH3 is 1. The third-order valence-electron chi connectivity index (χ3n) is 12.0. The summed E-state index contributed by atoms with van der Waals surface area (Å²) >= 11 is 6.46. The van der Waals surface area contributed by atoms with Crippen LogP contribution in [-0.2, 0) is 42.0 Å². The molecular weight excluding hydrogens is 692 g/mol. The minimum absolute atomic E-state index is 0.0669. The van der Waals surface area contributed by atoms with Gasteiger partial charge in [-0.2, -0.15) is 12.7 Å². The Morgan fingerprint density at radius 1 is 1.16 bits per heavy atom. The zero-order valence-corrected chi connectivity index (χ0v) is 31.2. The number of nitrogens with zero attached hydrogens (tertiary/aromatic N) is 3. The van der Waals surface area contributed by atoms with Crippen molar-refractivity contribution in [1.82, 2.24) is 13.9 Å². The van der Waals surface area contributed by atoms with Gasteiger partial charge in [-0.25, -0.2) is 4.72 Å². The zero-order chi connectivity index (χ0) is 36.1. The minimum Gasteiger partial charge on any atom is -0.490 e. The number of halogens is 1. The maximum atomic E-state index is 14.1. The monoisotopic (exact) mass is 740 g/mol. The quantitative estimate of drug-likeness (QED) is 0.435.